The van der Waals surface area contributed by atoms with Crippen LogP contribution in [0.5, 0.6) is 0 Å². The molecule has 0 heterocycles. The lowest BCUT2D eigenvalue weighted by Crippen LogP contribution is -1.99. The van der Waals surface area contributed by atoms with Gasteiger partial charge >= 0.3 is 0 Å². The van der Waals surface area contributed by atoms with E-state index in [0.29, 0.717) is 6.42 Å². The van der Waals surface area contributed by atoms with Crippen LogP contribution in [0.3, 0.4) is 0 Å². The van der Waals surface area contributed by atoms with Crippen LogP contribution < -0.4 is 0 Å². The summed E-state index contributed by atoms with van der Waals surface area (Å²) in [5.74, 6) is -0.532. The second kappa shape index (κ2) is 5.97. The quantitative estimate of drug-likeness (QED) is 0.515. The van der Waals surface area contributed by atoms with Crippen molar-refractivity contribution in [3.05, 3.63) is 68.8 Å². The van der Waals surface area contributed by atoms with Gasteiger partial charge in [0.15, 0.2) is 0 Å². The summed E-state index contributed by atoms with van der Waals surface area (Å²) in [7, 11) is 0. The zero-order chi connectivity index (χ0) is 13.1. The van der Waals surface area contributed by atoms with E-state index in [2.05, 4.69) is 22.6 Å². The van der Waals surface area contributed by atoms with Crippen molar-refractivity contribution >= 4 is 34.2 Å². The van der Waals surface area contributed by atoms with Crippen molar-refractivity contribution in [2.45, 2.75) is 11.8 Å². The monoisotopic (exact) mass is 378 g/mol. The minimum atomic E-state index is -0.270. The Morgan fingerprint density at radius 1 is 1.00 bits per heavy atom. The lowest BCUT2D eigenvalue weighted by Gasteiger charge is -2.12. The summed E-state index contributed by atoms with van der Waals surface area (Å²) >= 11 is 8.38. The Balaban J connectivity index is 2.16. The first-order valence-electron chi connectivity index (χ1n) is 5.40. The molecule has 4 heteroatoms. The molecule has 0 nitrogen and oxygen atoms in total. The van der Waals surface area contributed by atoms with Gasteiger partial charge in [-0.2, -0.15) is 0 Å². The maximum atomic E-state index is 13.0. The summed E-state index contributed by atoms with van der Waals surface area (Å²) in [5, 5.41) is -0.247. The predicted octanol–water partition coefficient (Wildman–Crippen LogP) is 5.09. The Morgan fingerprint density at radius 2 is 1.61 bits per heavy atom. The van der Waals surface area contributed by atoms with Gasteiger partial charge in [0, 0.05) is 3.57 Å². The van der Waals surface area contributed by atoms with Gasteiger partial charge in [0.2, 0.25) is 0 Å². The Hall–Kier alpha value is -0.680. The molecule has 94 valence electrons. The normalized spacial score (nSPS) is 12.4. The van der Waals surface area contributed by atoms with E-state index in [9.17, 15) is 8.78 Å². The first-order valence-corrected chi connectivity index (χ1v) is 6.91. The van der Waals surface area contributed by atoms with E-state index in [-0.39, 0.29) is 17.0 Å². The molecule has 0 aliphatic carbocycles. The Morgan fingerprint density at radius 3 is 2.22 bits per heavy atom. The van der Waals surface area contributed by atoms with E-state index in [4.69, 9.17) is 11.6 Å². The van der Waals surface area contributed by atoms with Crippen LogP contribution in [-0.2, 0) is 6.42 Å². The fraction of sp³-hybridized carbons (Fsp3) is 0.143. The van der Waals surface area contributed by atoms with Gasteiger partial charge in [-0.25, -0.2) is 8.78 Å². The molecule has 0 N–H and O–H groups in total. The molecule has 0 aliphatic rings. The molecule has 18 heavy (non-hydrogen) atoms. The van der Waals surface area contributed by atoms with Crippen LogP contribution in [0.25, 0.3) is 0 Å². The van der Waals surface area contributed by atoms with Crippen molar-refractivity contribution in [3.8, 4) is 0 Å². The molecule has 0 aliphatic heterocycles. The van der Waals surface area contributed by atoms with E-state index >= 15 is 0 Å². The zero-order valence-corrected chi connectivity index (χ0v) is 12.3. The number of benzene rings is 2. The maximum absolute atomic E-state index is 13.0. The highest BCUT2D eigenvalue weighted by atomic mass is 127. The fourth-order valence-corrected chi connectivity index (χ4v) is 3.10. The molecule has 2 aromatic rings. The largest absolute Gasteiger partial charge is 0.207 e. The van der Waals surface area contributed by atoms with Crippen molar-refractivity contribution in [2.24, 2.45) is 0 Å². The van der Waals surface area contributed by atoms with Gasteiger partial charge in [0.25, 0.3) is 0 Å². The van der Waals surface area contributed by atoms with Crippen LogP contribution in [0.15, 0.2) is 42.5 Å². The van der Waals surface area contributed by atoms with Crippen LogP contribution >= 0.6 is 34.2 Å². The Labute approximate surface area is 123 Å². The number of halogens is 4. The molecule has 1 atom stereocenters. The molecule has 0 saturated heterocycles. The first-order chi connectivity index (χ1) is 8.56. The molecule has 0 bridgehead atoms. The maximum Gasteiger partial charge on any atom is 0.124 e. The molecule has 0 radical (unpaired) electrons. The van der Waals surface area contributed by atoms with Crippen LogP contribution in [0.1, 0.15) is 16.5 Å². The molecule has 0 aromatic heterocycles. The molecular weight excluding hydrogens is 369 g/mol. The summed E-state index contributed by atoms with van der Waals surface area (Å²) in [6.45, 7) is 0. The molecule has 0 spiro atoms. The van der Waals surface area contributed by atoms with Crippen LogP contribution in [0, 0.1) is 15.2 Å². The van der Waals surface area contributed by atoms with Gasteiger partial charge in [-0.05, 0) is 64.4 Å². The topological polar surface area (TPSA) is 0 Å². The lowest BCUT2D eigenvalue weighted by atomic mass is 10.0. The summed E-state index contributed by atoms with van der Waals surface area (Å²) in [4.78, 5) is 0. The number of hydrogen-bond donors (Lipinski definition) is 0. The second-order valence-electron chi connectivity index (χ2n) is 3.96. The van der Waals surface area contributed by atoms with Crippen LogP contribution in [-0.4, -0.2) is 0 Å². The smallest absolute Gasteiger partial charge is 0.124 e. The summed E-state index contributed by atoms with van der Waals surface area (Å²) < 4.78 is 26.6. The SMILES string of the molecule is Fc1ccc(CC(Cl)c2ccc(F)cc2I)cc1. The highest BCUT2D eigenvalue weighted by Gasteiger charge is 2.13. The molecule has 0 fully saturated rings. The third-order valence-electron chi connectivity index (χ3n) is 2.63. The standard InChI is InChI=1S/C14H10ClF2I/c15-13(7-9-1-3-10(16)4-2-9)12-6-5-11(17)8-14(12)18/h1-6,8,13H,7H2. The van der Waals surface area contributed by atoms with Crippen molar-refractivity contribution in [3.63, 3.8) is 0 Å². The summed E-state index contributed by atoms with van der Waals surface area (Å²) in [6.07, 6.45) is 0.587. The van der Waals surface area contributed by atoms with Crippen molar-refractivity contribution < 1.29 is 8.78 Å². The van der Waals surface area contributed by atoms with E-state index in [1.807, 2.05) is 0 Å². The number of alkyl halides is 1. The molecule has 1 unspecified atom stereocenters. The molecular formula is C14H10ClF2I. The summed E-state index contributed by atoms with van der Waals surface area (Å²) in [5.41, 5.74) is 1.85. The van der Waals surface area contributed by atoms with Crippen molar-refractivity contribution in [2.75, 3.05) is 0 Å². The van der Waals surface area contributed by atoms with E-state index in [1.54, 1.807) is 18.2 Å². The minimum Gasteiger partial charge on any atom is -0.207 e. The molecule has 0 amide bonds. The Kier molecular flexibility index (Phi) is 4.56. The lowest BCUT2D eigenvalue weighted by molar-refractivity contribution is 0.624. The van der Waals surface area contributed by atoms with Gasteiger partial charge in [0.05, 0.1) is 5.38 Å². The fourth-order valence-electron chi connectivity index (χ4n) is 1.69. The predicted molar refractivity (Wildman–Crippen MR) is 77.8 cm³/mol. The first kappa shape index (κ1) is 13.7. The molecule has 0 saturated carbocycles. The van der Waals surface area contributed by atoms with E-state index in [0.717, 1.165) is 14.7 Å². The average molecular weight is 379 g/mol. The summed E-state index contributed by atoms with van der Waals surface area (Å²) in [6, 6.07) is 10.8. The minimum absolute atomic E-state index is 0.247. The van der Waals surface area contributed by atoms with Gasteiger partial charge in [-0.1, -0.05) is 18.2 Å². The number of rotatable bonds is 3. The van der Waals surface area contributed by atoms with Gasteiger partial charge in [0.1, 0.15) is 11.6 Å². The van der Waals surface area contributed by atoms with Gasteiger partial charge < -0.3 is 0 Å². The number of hydrogen-bond acceptors (Lipinski definition) is 0. The van der Waals surface area contributed by atoms with Gasteiger partial charge in [-0.3, -0.25) is 0 Å². The highest BCUT2D eigenvalue weighted by Crippen LogP contribution is 2.29. The molecule has 2 aromatic carbocycles. The Bertz CT molecular complexity index is 540. The second-order valence-corrected chi connectivity index (χ2v) is 5.65. The highest BCUT2D eigenvalue weighted by molar-refractivity contribution is 14.1. The molecule has 2 rings (SSSR count). The van der Waals surface area contributed by atoms with Crippen LogP contribution in [0.4, 0.5) is 8.78 Å². The van der Waals surface area contributed by atoms with Crippen molar-refractivity contribution in [1.82, 2.24) is 0 Å². The van der Waals surface area contributed by atoms with Gasteiger partial charge in [-0.15, -0.1) is 11.6 Å². The zero-order valence-electron chi connectivity index (χ0n) is 9.34. The van der Waals surface area contributed by atoms with Crippen molar-refractivity contribution in [1.29, 1.82) is 0 Å². The van der Waals surface area contributed by atoms with E-state index in [1.165, 1.54) is 24.3 Å². The third-order valence-corrected chi connectivity index (χ3v) is 3.95. The average Bonchev–Trinajstić information content (AvgIpc) is 2.32. The van der Waals surface area contributed by atoms with Crippen LogP contribution in [0.2, 0.25) is 0 Å². The third kappa shape index (κ3) is 3.42. The van der Waals surface area contributed by atoms with E-state index < -0.39 is 0 Å².